The summed E-state index contributed by atoms with van der Waals surface area (Å²) in [6.07, 6.45) is 5.52. The molecule has 0 bridgehead atoms. The molecule has 4 rings (SSSR count). The second-order valence-electron chi connectivity index (χ2n) is 4.43. The van der Waals surface area contributed by atoms with Crippen molar-refractivity contribution in [1.82, 2.24) is 4.98 Å². The molecule has 1 aromatic heterocycles. The fourth-order valence-electron chi connectivity index (χ4n) is 2.36. The van der Waals surface area contributed by atoms with Crippen LogP contribution in [0.25, 0.3) is 27.9 Å². The first-order valence-electron chi connectivity index (χ1n) is 6.11. The lowest BCUT2D eigenvalue weighted by atomic mass is 10.0. The van der Waals surface area contributed by atoms with Crippen LogP contribution in [0.4, 0.5) is 0 Å². The third-order valence-corrected chi connectivity index (χ3v) is 3.26. The second kappa shape index (κ2) is 3.92. The fraction of sp³-hybridized carbons (Fsp3) is 0. The number of hydrogen-bond acceptors (Lipinski definition) is 3. The maximum atomic E-state index is 5.35. The van der Waals surface area contributed by atoms with Crippen LogP contribution in [0.2, 0.25) is 0 Å². The van der Waals surface area contributed by atoms with Gasteiger partial charge in [0, 0.05) is 16.3 Å². The minimum absolute atomic E-state index is 0.759. The minimum atomic E-state index is 0.759. The maximum Gasteiger partial charge on any atom is 0.165 e. The minimum Gasteiger partial charge on any atom is -0.356 e. The molecule has 0 amide bonds. The lowest BCUT2D eigenvalue weighted by Gasteiger charge is -2.07. The van der Waals surface area contributed by atoms with E-state index in [0.717, 1.165) is 33.1 Å². The topological polar surface area (TPSA) is 34.5 Å². The zero-order valence-corrected chi connectivity index (χ0v) is 10.1. The second-order valence-corrected chi connectivity index (χ2v) is 4.43. The van der Waals surface area contributed by atoms with Gasteiger partial charge in [0.2, 0.25) is 0 Å². The number of rotatable bonds is 0. The molecule has 0 radical (unpaired) electrons. The van der Waals surface area contributed by atoms with E-state index in [1.165, 1.54) is 0 Å². The molecule has 0 aliphatic carbocycles. The van der Waals surface area contributed by atoms with E-state index < -0.39 is 0 Å². The summed E-state index contributed by atoms with van der Waals surface area (Å²) in [5, 5.41) is 6.06. The maximum absolute atomic E-state index is 5.35. The Morgan fingerprint density at radius 1 is 0.947 bits per heavy atom. The number of hydrogen-bond donors (Lipinski definition) is 0. The third-order valence-electron chi connectivity index (χ3n) is 3.26. The van der Waals surface area contributed by atoms with Gasteiger partial charge < -0.3 is 4.84 Å². The molecule has 90 valence electrons. The van der Waals surface area contributed by atoms with E-state index in [9.17, 15) is 0 Å². The molecule has 0 atom stereocenters. The average Bonchev–Trinajstić information content (AvgIpc) is 2.70. The number of fused-ring (bicyclic) bond motifs is 4. The predicted octanol–water partition coefficient (Wildman–Crippen LogP) is 3.78. The molecule has 1 aliphatic rings. The number of para-hydroxylation sites is 1. The highest BCUT2D eigenvalue weighted by molar-refractivity contribution is 5.99. The molecule has 2 aromatic carbocycles. The number of benzene rings is 2. The van der Waals surface area contributed by atoms with Gasteiger partial charge in [-0.2, -0.15) is 0 Å². The molecule has 0 fully saturated rings. The molecule has 0 unspecified atom stereocenters. The number of oxime groups is 1. The molecule has 0 N–H and O–H groups in total. The van der Waals surface area contributed by atoms with Crippen molar-refractivity contribution < 1.29 is 4.84 Å². The Hall–Kier alpha value is -2.68. The van der Waals surface area contributed by atoms with Gasteiger partial charge in [-0.3, -0.25) is 0 Å². The smallest absolute Gasteiger partial charge is 0.165 e. The largest absolute Gasteiger partial charge is 0.356 e. The van der Waals surface area contributed by atoms with Crippen LogP contribution >= 0.6 is 0 Å². The summed E-state index contributed by atoms with van der Waals surface area (Å²) < 4.78 is 0. The zero-order valence-electron chi connectivity index (χ0n) is 10.1. The quantitative estimate of drug-likeness (QED) is 0.566. The third kappa shape index (κ3) is 1.59. The summed E-state index contributed by atoms with van der Waals surface area (Å²) >= 11 is 0. The van der Waals surface area contributed by atoms with Crippen LogP contribution in [0.1, 0.15) is 5.56 Å². The Labute approximate surface area is 109 Å². The molecule has 3 heteroatoms. The van der Waals surface area contributed by atoms with Gasteiger partial charge in [0.1, 0.15) is 0 Å². The number of pyridine rings is 1. The lowest BCUT2D eigenvalue weighted by Crippen LogP contribution is -1.89. The van der Waals surface area contributed by atoms with Crippen LogP contribution in [0.15, 0.2) is 53.7 Å². The van der Waals surface area contributed by atoms with Crippen LogP contribution in [0, 0.1) is 0 Å². The van der Waals surface area contributed by atoms with Gasteiger partial charge in [0.15, 0.2) is 5.75 Å². The first-order chi connectivity index (χ1) is 9.42. The van der Waals surface area contributed by atoms with Crippen LogP contribution in [-0.4, -0.2) is 11.2 Å². The summed E-state index contributed by atoms with van der Waals surface area (Å²) in [7, 11) is 0. The molecule has 1 aliphatic heterocycles. The van der Waals surface area contributed by atoms with Gasteiger partial charge >= 0.3 is 0 Å². The van der Waals surface area contributed by atoms with E-state index in [2.05, 4.69) is 22.3 Å². The molecule has 0 saturated heterocycles. The normalized spacial score (nSPS) is 13.3. The Bertz CT molecular complexity index is 850. The molecule has 0 spiro atoms. The highest BCUT2D eigenvalue weighted by Gasteiger charge is 2.10. The summed E-state index contributed by atoms with van der Waals surface area (Å²) in [5.74, 6) is 0.759. The van der Waals surface area contributed by atoms with Crippen molar-refractivity contribution in [2.45, 2.75) is 0 Å². The predicted molar refractivity (Wildman–Crippen MR) is 77.4 cm³/mol. The molecule has 2 heterocycles. The Balaban J connectivity index is 2.13. The number of aromatic nitrogens is 1. The first-order valence-corrected chi connectivity index (χ1v) is 6.11. The first kappa shape index (κ1) is 10.3. The van der Waals surface area contributed by atoms with E-state index >= 15 is 0 Å². The van der Waals surface area contributed by atoms with Crippen LogP contribution in [0.3, 0.4) is 0 Å². The van der Waals surface area contributed by atoms with Gasteiger partial charge in [-0.25, -0.2) is 4.98 Å². The molecule has 3 nitrogen and oxygen atoms in total. The summed E-state index contributed by atoms with van der Waals surface area (Å²) in [6.45, 7) is 0. The van der Waals surface area contributed by atoms with Crippen molar-refractivity contribution in [3.63, 3.8) is 0 Å². The van der Waals surface area contributed by atoms with Crippen LogP contribution < -0.4 is 4.84 Å². The van der Waals surface area contributed by atoms with Crippen molar-refractivity contribution in [3.8, 4) is 5.75 Å². The van der Waals surface area contributed by atoms with Crippen molar-refractivity contribution in [1.29, 1.82) is 0 Å². The van der Waals surface area contributed by atoms with Gasteiger partial charge in [0.05, 0.1) is 17.2 Å². The molecule has 3 aromatic rings. The highest BCUT2D eigenvalue weighted by Crippen LogP contribution is 2.31. The Morgan fingerprint density at radius 2 is 1.89 bits per heavy atom. The summed E-state index contributed by atoms with van der Waals surface area (Å²) in [6, 6.07) is 14.1. The van der Waals surface area contributed by atoms with E-state index in [-0.39, 0.29) is 0 Å². The summed E-state index contributed by atoms with van der Waals surface area (Å²) in [5.41, 5.74) is 2.99. The van der Waals surface area contributed by atoms with E-state index in [1.807, 2.05) is 42.5 Å². The van der Waals surface area contributed by atoms with Crippen molar-refractivity contribution in [2.24, 2.45) is 5.16 Å². The van der Waals surface area contributed by atoms with Crippen molar-refractivity contribution in [2.75, 3.05) is 0 Å². The van der Waals surface area contributed by atoms with E-state index in [1.54, 1.807) is 6.21 Å². The number of allylic oxidation sites excluding steroid dienone is 1. The van der Waals surface area contributed by atoms with Crippen molar-refractivity contribution in [3.05, 3.63) is 54.1 Å². The highest BCUT2D eigenvalue weighted by atomic mass is 16.6. The van der Waals surface area contributed by atoms with Crippen LogP contribution in [-0.2, 0) is 0 Å². The molecular weight excluding hydrogens is 236 g/mol. The van der Waals surface area contributed by atoms with Gasteiger partial charge in [-0.1, -0.05) is 23.4 Å². The van der Waals surface area contributed by atoms with E-state index in [0.29, 0.717) is 0 Å². The molecule has 0 saturated carbocycles. The monoisotopic (exact) mass is 246 g/mol. The van der Waals surface area contributed by atoms with Crippen molar-refractivity contribution >= 4 is 34.1 Å². The van der Waals surface area contributed by atoms with Gasteiger partial charge in [-0.15, -0.1) is 0 Å². The molecule has 19 heavy (non-hydrogen) atoms. The standard InChI is InChI=1S/C16H10N2O/c1-2-6-14-11(4-1)10-13-12-5-3-9-17-19-16(12)8-7-15(13)18-14/h1-10H. The fourth-order valence-corrected chi connectivity index (χ4v) is 2.36. The van der Waals surface area contributed by atoms with E-state index in [4.69, 9.17) is 4.84 Å². The summed E-state index contributed by atoms with van der Waals surface area (Å²) in [4.78, 5) is 10.0. The molecular formula is C16H10N2O. The average molecular weight is 246 g/mol. The Kier molecular flexibility index (Phi) is 2.12. The zero-order chi connectivity index (χ0) is 12.7. The van der Waals surface area contributed by atoms with Gasteiger partial charge in [0.25, 0.3) is 0 Å². The SMILES string of the molecule is C1=Cc2c(ccc3nc4ccccc4cc23)ON=C1. The van der Waals surface area contributed by atoms with Gasteiger partial charge in [-0.05, 0) is 36.4 Å². The van der Waals surface area contributed by atoms with Crippen LogP contribution in [0.5, 0.6) is 5.75 Å². The number of nitrogens with zero attached hydrogens (tertiary/aromatic N) is 2. The Morgan fingerprint density at radius 3 is 2.89 bits per heavy atom. The lowest BCUT2D eigenvalue weighted by molar-refractivity contribution is 0.344.